The summed E-state index contributed by atoms with van der Waals surface area (Å²) in [6.07, 6.45) is 2.79. The number of methoxy groups -OCH3 is 1. The lowest BCUT2D eigenvalue weighted by Gasteiger charge is -2.23. The van der Waals surface area contributed by atoms with E-state index in [4.69, 9.17) is 13.9 Å². The predicted octanol–water partition coefficient (Wildman–Crippen LogP) is 4.67. The third-order valence-corrected chi connectivity index (χ3v) is 5.28. The first-order chi connectivity index (χ1) is 13.6. The highest BCUT2D eigenvalue weighted by molar-refractivity contribution is 5.95. The van der Waals surface area contributed by atoms with Crippen molar-refractivity contribution in [2.75, 3.05) is 7.11 Å². The Bertz CT molecular complexity index is 1080. The number of hydrogen-bond acceptors (Lipinski definition) is 5. The number of rotatable bonds is 4. The van der Waals surface area contributed by atoms with E-state index in [1.165, 1.54) is 6.07 Å². The molecule has 0 saturated heterocycles. The van der Waals surface area contributed by atoms with Crippen LogP contribution in [0.4, 0.5) is 0 Å². The van der Waals surface area contributed by atoms with Gasteiger partial charge < -0.3 is 13.9 Å². The fraction of sp³-hybridized carbons (Fsp3) is 0.304. The quantitative estimate of drug-likeness (QED) is 0.618. The number of hydrogen-bond donors (Lipinski definition) is 0. The molecule has 1 heterocycles. The summed E-state index contributed by atoms with van der Waals surface area (Å²) in [5, 5.41) is 0.824. The molecule has 28 heavy (non-hydrogen) atoms. The largest absolute Gasteiger partial charge is 0.497 e. The van der Waals surface area contributed by atoms with Crippen LogP contribution in [0, 0.1) is 6.92 Å². The van der Waals surface area contributed by atoms with Gasteiger partial charge in [0.05, 0.1) is 7.11 Å². The molecule has 1 fully saturated rings. The van der Waals surface area contributed by atoms with Gasteiger partial charge in [0.15, 0.2) is 11.9 Å². The summed E-state index contributed by atoms with van der Waals surface area (Å²) in [7, 11) is 1.61. The van der Waals surface area contributed by atoms with Crippen LogP contribution in [0.5, 0.6) is 11.5 Å². The molecular formula is C23H22O5. The van der Waals surface area contributed by atoms with Crippen molar-refractivity contribution < 1.29 is 18.7 Å². The molecular weight excluding hydrogens is 356 g/mol. The average molecular weight is 378 g/mol. The topological polar surface area (TPSA) is 65.7 Å². The highest BCUT2D eigenvalue weighted by atomic mass is 16.5. The molecule has 0 bridgehead atoms. The number of Topliss-reactive ketones (excluding diaryl/α,β-unsaturated/α-hetero) is 1. The minimum absolute atomic E-state index is 0.138. The van der Waals surface area contributed by atoms with Gasteiger partial charge in [-0.25, -0.2) is 4.79 Å². The number of ketones is 1. The van der Waals surface area contributed by atoms with Crippen LogP contribution >= 0.6 is 0 Å². The third-order valence-electron chi connectivity index (χ3n) is 5.28. The zero-order valence-corrected chi connectivity index (χ0v) is 16.0. The van der Waals surface area contributed by atoms with Crippen LogP contribution in [0.1, 0.15) is 31.2 Å². The van der Waals surface area contributed by atoms with Gasteiger partial charge in [-0.05, 0) is 61.6 Å². The van der Waals surface area contributed by atoms with Crippen LogP contribution in [-0.2, 0) is 4.79 Å². The van der Waals surface area contributed by atoms with E-state index < -0.39 is 11.7 Å². The first-order valence-corrected chi connectivity index (χ1v) is 9.48. The summed E-state index contributed by atoms with van der Waals surface area (Å²) in [4.78, 5) is 24.3. The molecule has 5 heteroatoms. The highest BCUT2D eigenvalue weighted by Gasteiger charge is 2.25. The molecule has 0 spiro atoms. The number of carbonyl (C=O) groups is 1. The van der Waals surface area contributed by atoms with Gasteiger partial charge in [0.1, 0.15) is 17.1 Å². The molecule has 0 aliphatic heterocycles. The maximum atomic E-state index is 12.2. The number of ether oxygens (including phenoxy) is 2. The summed E-state index contributed by atoms with van der Waals surface area (Å²) in [5.41, 5.74) is 2.47. The normalized spacial score (nSPS) is 16.9. The summed E-state index contributed by atoms with van der Waals surface area (Å²) in [6.45, 7) is 1.85. The molecule has 144 valence electrons. The van der Waals surface area contributed by atoms with E-state index in [1.54, 1.807) is 7.11 Å². The van der Waals surface area contributed by atoms with E-state index in [-0.39, 0.29) is 5.78 Å². The molecule has 0 N–H and O–H groups in total. The lowest BCUT2D eigenvalue weighted by Crippen LogP contribution is -2.30. The Kier molecular flexibility index (Phi) is 4.90. The van der Waals surface area contributed by atoms with Crippen molar-refractivity contribution in [2.45, 2.75) is 38.7 Å². The third kappa shape index (κ3) is 3.40. The van der Waals surface area contributed by atoms with E-state index in [0.717, 1.165) is 47.1 Å². The summed E-state index contributed by atoms with van der Waals surface area (Å²) < 4.78 is 16.7. The van der Waals surface area contributed by atoms with Gasteiger partial charge >= 0.3 is 5.63 Å². The van der Waals surface area contributed by atoms with Gasteiger partial charge in [-0.1, -0.05) is 12.1 Å². The highest BCUT2D eigenvalue weighted by Crippen LogP contribution is 2.34. The van der Waals surface area contributed by atoms with Crippen molar-refractivity contribution >= 4 is 16.8 Å². The molecule has 0 amide bonds. The second-order valence-electron chi connectivity index (χ2n) is 7.09. The lowest BCUT2D eigenvalue weighted by molar-refractivity contribution is -0.127. The van der Waals surface area contributed by atoms with Crippen LogP contribution in [0.3, 0.4) is 0 Å². The fourth-order valence-corrected chi connectivity index (χ4v) is 3.71. The Morgan fingerprint density at radius 3 is 2.54 bits per heavy atom. The van der Waals surface area contributed by atoms with Crippen LogP contribution in [0.25, 0.3) is 22.1 Å². The zero-order valence-electron chi connectivity index (χ0n) is 16.0. The van der Waals surface area contributed by atoms with E-state index in [1.807, 2.05) is 43.3 Å². The number of aryl methyl sites for hydroxylation is 1. The fourth-order valence-electron chi connectivity index (χ4n) is 3.71. The number of carbonyl (C=O) groups excluding carboxylic acids is 1. The molecule has 1 aliphatic rings. The second kappa shape index (κ2) is 7.50. The maximum absolute atomic E-state index is 12.2. The minimum atomic E-state index is -0.424. The Balaban J connectivity index is 1.78. The molecule has 1 unspecified atom stereocenters. The number of fused-ring (bicyclic) bond motifs is 1. The molecule has 2 aromatic carbocycles. The van der Waals surface area contributed by atoms with Crippen molar-refractivity contribution in [2.24, 2.45) is 0 Å². The zero-order chi connectivity index (χ0) is 19.7. The molecule has 0 radical (unpaired) electrons. The summed E-state index contributed by atoms with van der Waals surface area (Å²) in [6, 6.07) is 12.8. The van der Waals surface area contributed by atoms with Crippen LogP contribution < -0.4 is 15.1 Å². The molecule has 1 aromatic heterocycles. The molecule has 1 atom stereocenters. The van der Waals surface area contributed by atoms with Crippen LogP contribution in [0.2, 0.25) is 0 Å². The van der Waals surface area contributed by atoms with Crippen molar-refractivity contribution in [3.8, 4) is 22.6 Å². The monoisotopic (exact) mass is 378 g/mol. The molecule has 1 saturated carbocycles. The van der Waals surface area contributed by atoms with Gasteiger partial charge in [0.25, 0.3) is 0 Å². The average Bonchev–Trinajstić information content (AvgIpc) is 2.71. The van der Waals surface area contributed by atoms with Crippen molar-refractivity contribution in [1.29, 1.82) is 0 Å². The Labute approximate surface area is 162 Å². The summed E-state index contributed by atoms with van der Waals surface area (Å²) >= 11 is 0. The molecule has 4 rings (SSSR count). The summed E-state index contributed by atoms with van der Waals surface area (Å²) in [5.74, 6) is 1.47. The lowest BCUT2D eigenvalue weighted by atomic mass is 9.96. The van der Waals surface area contributed by atoms with Gasteiger partial charge in [-0.2, -0.15) is 0 Å². The van der Waals surface area contributed by atoms with Gasteiger partial charge in [0, 0.05) is 23.4 Å². The van der Waals surface area contributed by atoms with E-state index in [0.29, 0.717) is 17.8 Å². The predicted molar refractivity (Wildman–Crippen MR) is 107 cm³/mol. The minimum Gasteiger partial charge on any atom is -0.497 e. The van der Waals surface area contributed by atoms with E-state index >= 15 is 0 Å². The smallest absolute Gasteiger partial charge is 0.336 e. The van der Waals surface area contributed by atoms with Gasteiger partial charge in [-0.3, -0.25) is 4.79 Å². The number of benzene rings is 2. The Morgan fingerprint density at radius 2 is 1.82 bits per heavy atom. The van der Waals surface area contributed by atoms with Crippen molar-refractivity contribution in [1.82, 2.24) is 0 Å². The van der Waals surface area contributed by atoms with Crippen molar-refractivity contribution in [3.63, 3.8) is 0 Å². The second-order valence-corrected chi connectivity index (χ2v) is 7.09. The maximum Gasteiger partial charge on any atom is 0.336 e. The van der Waals surface area contributed by atoms with Crippen LogP contribution in [-0.4, -0.2) is 19.0 Å². The standard InChI is InChI=1S/C23H22O5/c1-14-20(27-21-6-4-3-5-19(21)24)12-11-17-18(13-22(25)28-23(14)17)15-7-9-16(26-2)10-8-15/h7-13,21H,3-6H2,1-2H3. The van der Waals surface area contributed by atoms with Crippen molar-refractivity contribution in [3.05, 3.63) is 58.4 Å². The van der Waals surface area contributed by atoms with E-state index in [2.05, 4.69) is 0 Å². The first-order valence-electron chi connectivity index (χ1n) is 9.48. The van der Waals surface area contributed by atoms with Crippen LogP contribution in [0.15, 0.2) is 51.7 Å². The van der Waals surface area contributed by atoms with Gasteiger partial charge in [0.2, 0.25) is 0 Å². The van der Waals surface area contributed by atoms with E-state index in [9.17, 15) is 9.59 Å². The molecule has 3 aromatic rings. The Hall–Kier alpha value is -3.08. The van der Waals surface area contributed by atoms with Gasteiger partial charge in [-0.15, -0.1) is 0 Å². The SMILES string of the molecule is COc1ccc(-c2cc(=O)oc3c(C)c(OC4CCCCC4=O)ccc23)cc1. The molecule has 5 nitrogen and oxygen atoms in total. The molecule has 1 aliphatic carbocycles. The Morgan fingerprint density at radius 1 is 1.04 bits per heavy atom. The first kappa shape index (κ1) is 18.3.